The Morgan fingerprint density at radius 1 is 1.24 bits per heavy atom. The summed E-state index contributed by atoms with van der Waals surface area (Å²) >= 11 is 0. The summed E-state index contributed by atoms with van der Waals surface area (Å²) < 4.78 is 5.53. The van der Waals surface area contributed by atoms with Gasteiger partial charge in [0.05, 0.1) is 12.6 Å². The molecule has 2 aromatic carbocycles. The molecule has 1 heterocycles. The van der Waals surface area contributed by atoms with Gasteiger partial charge in [0.25, 0.3) is 0 Å². The minimum atomic E-state index is -0.452. The highest BCUT2D eigenvalue weighted by molar-refractivity contribution is 5.91. The molecule has 1 atom stereocenters. The van der Waals surface area contributed by atoms with E-state index in [9.17, 15) is 9.90 Å². The maximum absolute atomic E-state index is 12.1. The van der Waals surface area contributed by atoms with E-state index in [2.05, 4.69) is 17.2 Å². The highest BCUT2D eigenvalue weighted by atomic mass is 16.3. The first-order valence-corrected chi connectivity index (χ1v) is 8.23. The van der Waals surface area contributed by atoms with E-state index in [0.29, 0.717) is 11.5 Å². The molecule has 0 aliphatic heterocycles. The van der Waals surface area contributed by atoms with Gasteiger partial charge in [0, 0.05) is 12.2 Å². The molecule has 1 aromatic heterocycles. The molecule has 25 heavy (non-hydrogen) atoms. The quantitative estimate of drug-likeness (QED) is 0.678. The van der Waals surface area contributed by atoms with Crippen molar-refractivity contribution in [1.82, 2.24) is 10.3 Å². The summed E-state index contributed by atoms with van der Waals surface area (Å²) in [5.74, 6) is 0.0464. The Labute approximate surface area is 146 Å². The van der Waals surface area contributed by atoms with E-state index in [1.54, 1.807) is 0 Å². The van der Waals surface area contributed by atoms with E-state index in [4.69, 9.17) is 4.42 Å². The third-order valence-electron chi connectivity index (χ3n) is 3.98. The summed E-state index contributed by atoms with van der Waals surface area (Å²) in [5, 5.41) is 12.3. The zero-order chi connectivity index (χ0) is 17.6. The van der Waals surface area contributed by atoms with Gasteiger partial charge >= 0.3 is 0 Å². The number of amides is 1. The summed E-state index contributed by atoms with van der Waals surface area (Å²) in [6.07, 6.45) is 3.82. The first kappa shape index (κ1) is 16.9. The molecule has 3 aromatic rings. The fourth-order valence-corrected chi connectivity index (χ4v) is 2.55. The van der Waals surface area contributed by atoms with Crippen molar-refractivity contribution in [3.05, 3.63) is 71.6 Å². The van der Waals surface area contributed by atoms with Gasteiger partial charge in [0.1, 0.15) is 5.52 Å². The molecule has 0 spiro atoms. The summed E-state index contributed by atoms with van der Waals surface area (Å²) in [6, 6.07) is 14.8. The highest BCUT2D eigenvalue weighted by Crippen LogP contribution is 2.16. The Morgan fingerprint density at radius 3 is 2.68 bits per heavy atom. The van der Waals surface area contributed by atoms with E-state index < -0.39 is 6.04 Å². The van der Waals surface area contributed by atoms with Crippen LogP contribution in [0.25, 0.3) is 17.2 Å². The molecule has 3 rings (SSSR count). The van der Waals surface area contributed by atoms with Gasteiger partial charge in [-0.2, -0.15) is 0 Å². The standard InChI is InChI=1S/C20H20N2O3/c1-2-14-7-9-15(10-8-14)17(13-23)21-19(24)11-12-20-22-16-5-3-4-6-18(16)25-20/h3-12,17,23H,2,13H2,1H3,(H,21,24)/b12-11+. The molecule has 1 unspecified atom stereocenters. The normalized spacial score (nSPS) is 12.6. The first-order chi connectivity index (χ1) is 12.2. The number of carbonyl (C=O) groups is 1. The van der Waals surface area contributed by atoms with E-state index in [1.807, 2.05) is 48.5 Å². The average Bonchev–Trinajstić information content (AvgIpc) is 3.07. The number of rotatable bonds is 6. The van der Waals surface area contributed by atoms with E-state index >= 15 is 0 Å². The molecule has 5 nitrogen and oxygen atoms in total. The van der Waals surface area contributed by atoms with Gasteiger partial charge in [0.2, 0.25) is 11.8 Å². The minimum absolute atomic E-state index is 0.173. The third-order valence-corrected chi connectivity index (χ3v) is 3.98. The molecule has 0 aliphatic rings. The van der Waals surface area contributed by atoms with Crippen molar-refractivity contribution in [1.29, 1.82) is 0 Å². The third kappa shape index (κ3) is 4.14. The van der Waals surface area contributed by atoms with Gasteiger partial charge in [0.15, 0.2) is 5.58 Å². The predicted molar refractivity (Wildman–Crippen MR) is 96.8 cm³/mol. The number of aliphatic hydroxyl groups is 1. The molecule has 0 saturated carbocycles. The molecule has 0 aliphatic carbocycles. The van der Waals surface area contributed by atoms with Gasteiger partial charge in [-0.1, -0.05) is 43.3 Å². The van der Waals surface area contributed by atoms with Crippen molar-refractivity contribution >= 4 is 23.1 Å². The van der Waals surface area contributed by atoms with Crippen LogP contribution in [0.4, 0.5) is 0 Å². The largest absolute Gasteiger partial charge is 0.437 e. The zero-order valence-corrected chi connectivity index (χ0v) is 14.0. The zero-order valence-electron chi connectivity index (χ0n) is 14.0. The monoisotopic (exact) mass is 336 g/mol. The second-order valence-corrected chi connectivity index (χ2v) is 5.69. The van der Waals surface area contributed by atoms with Crippen LogP contribution in [-0.4, -0.2) is 22.6 Å². The second-order valence-electron chi connectivity index (χ2n) is 5.69. The number of oxazole rings is 1. The van der Waals surface area contributed by atoms with Crippen LogP contribution in [0.2, 0.25) is 0 Å². The average molecular weight is 336 g/mol. The summed E-state index contributed by atoms with van der Waals surface area (Å²) in [6.45, 7) is 1.91. The number of nitrogens with one attached hydrogen (secondary N) is 1. The van der Waals surface area contributed by atoms with Crippen LogP contribution in [0.1, 0.15) is 30.0 Å². The fraction of sp³-hybridized carbons (Fsp3) is 0.200. The predicted octanol–water partition coefficient (Wildman–Crippen LogP) is 3.25. The Morgan fingerprint density at radius 2 is 2.00 bits per heavy atom. The van der Waals surface area contributed by atoms with Crippen LogP contribution in [0.5, 0.6) is 0 Å². The van der Waals surface area contributed by atoms with E-state index in [1.165, 1.54) is 17.7 Å². The number of carbonyl (C=O) groups excluding carboxylic acids is 1. The van der Waals surface area contributed by atoms with Crippen LogP contribution in [0, 0.1) is 0 Å². The second kappa shape index (κ2) is 7.77. The molecule has 0 fully saturated rings. The van der Waals surface area contributed by atoms with Crippen LogP contribution in [0.15, 0.2) is 59.0 Å². The summed E-state index contributed by atoms with van der Waals surface area (Å²) in [7, 11) is 0. The number of hydrogen-bond acceptors (Lipinski definition) is 4. The van der Waals surface area contributed by atoms with Gasteiger partial charge in [-0.15, -0.1) is 0 Å². The number of aromatic nitrogens is 1. The number of para-hydroxylation sites is 2. The Balaban J connectivity index is 1.66. The van der Waals surface area contributed by atoms with E-state index in [0.717, 1.165) is 17.5 Å². The summed E-state index contributed by atoms with van der Waals surface area (Å²) in [4.78, 5) is 16.4. The molecular weight excluding hydrogens is 316 g/mol. The van der Waals surface area contributed by atoms with Crippen LogP contribution < -0.4 is 5.32 Å². The molecule has 0 bridgehead atoms. The lowest BCUT2D eigenvalue weighted by Crippen LogP contribution is -2.29. The molecule has 0 saturated heterocycles. The van der Waals surface area contributed by atoms with Crippen LogP contribution >= 0.6 is 0 Å². The van der Waals surface area contributed by atoms with Gasteiger partial charge in [-0.05, 0) is 29.7 Å². The number of aliphatic hydroxyl groups excluding tert-OH is 1. The lowest BCUT2D eigenvalue weighted by atomic mass is 10.0. The van der Waals surface area contributed by atoms with Crippen LogP contribution in [0.3, 0.4) is 0 Å². The number of nitrogens with zero attached hydrogens (tertiary/aromatic N) is 1. The van der Waals surface area contributed by atoms with Gasteiger partial charge < -0.3 is 14.8 Å². The highest BCUT2D eigenvalue weighted by Gasteiger charge is 2.12. The summed E-state index contributed by atoms with van der Waals surface area (Å²) in [5.41, 5.74) is 3.49. The number of hydrogen-bond donors (Lipinski definition) is 2. The number of benzene rings is 2. The Hall–Kier alpha value is -2.92. The molecule has 0 radical (unpaired) electrons. The topological polar surface area (TPSA) is 75.4 Å². The fourth-order valence-electron chi connectivity index (χ4n) is 2.55. The lowest BCUT2D eigenvalue weighted by molar-refractivity contribution is -0.117. The Kier molecular flexibility index (Phi) is 5.26. The molecule has 5 heteroatoms. The van der Waals surface area contributed by atoms with Crippen molar-refractivity contribution in [2.75, 3.05) is 6.61 Å². The first-order valence-electron chi connectivity index (χ1n) is 8.23. The number of aryl methyl sites for hydroxylation is 1. The van der Waals surface area contributed by atoms with Gasteiger partial charge in [-0.25, -0.2) is 4.98 Å². The van der Waals surface area contributed by atoms with E-state index in [-0.39, 0.29) is 12.5 Å². The SMILES string of the molecule is CCc1ccc(C(CO)NC(=O)/C=C/c2nc3ccccc3o2)cc1. The molecule has 1 amide bonds. The molecule has 2 N–H and O–H groups in total. The van der Waals surface area contributed by atoms with Crippen molar-refractivity contribution in [3.8, 4) is 0 Å². The lowest BCUT2D eigenvalue weighted by Gasteiger charge is -2.16. The number of fused-ring (bicyclic) bond motifs is 1. The van der Waals surface area contributed by atoms with Gasteiger partial charge in [-0.3, -0.25) is 4.79 Å². The Bertz CT molecular complexity index is 848. The minimum Gasteiger partial charge on any atom is -0.437 e. The van der Waals surface area contributed by atoms with Crippen molar-refractivity contribution in [2.45, 2.75) is 19.4 Å². The molecule has 128 valence electrons. The maximum Gasteiger partial charge on any atom is 0.244 e. The van der Waals surface area contributed by atoms with Crippen molar-refractivity contribution in [3.63, 3.8) is 0 Å². The molecular formula is C20H20N2O3. The maximum atomic E-state index is 12.1. The van der Waals surface area contributed by atoms with Crippen molar-refractivity contribution in [2.24, 2.45) is 0 Å². The van der Waals surface area contributed by atoms with Crippen molar-refractivity contribution < 1.29 is 14.3 Å². The smallest absolute Gasteiger partial charge is 0.244 e. The van der Waals surface area contributed by atoms with Crippen LogP contribution in [-0.2, 0) is 11.2 Å².